The molecule has 4 heteroatoms. The fraction of sp³-hybridized carbons (Fsp3) is 0.688. The molecule has 2 rings (SSSR count). The van der Waals surface area contributed by atoms with Crippen LogP contribution in [-0.2, 0) is 6.54 Å². The summed E-state index contributed by atoms with van der Waals surface area (Å²) >= 11 is 0. The Morgan fingerprint density at radius 3 is 2.45 bits per heavy atom. The van der Waals surface area contributed by atoms with E-state index >= 15 is 0 Å². The van der Waals surface area contributed by atoms with Crippen molar-refractivity contribution in [3.05, 3.63) is 28.7 Å². The van der Waals surface area contributed by atoms with E-state index in [1.807, 2.05) is 0 Å². The molecule has 112 valence electrons. The first-order chi connectivity index (χ1) is 9.36. The summed E-state index contributed by atoms with van der Waals surface area (Å²) in [5, 5.41) is 0. The van der Waals surface area contributed by atoms with Crippen LogP contribution in [0.4, 0.5) is 5.69 Å². The van der Waals surface area contributed by atoms with Gasteiger partial charge in [0.1, 0.15) is 0 Å². The summed E-state index contributed by atoms with van der Waals surface area (Å²) in [4.78, 5) is 14.2. The summed E-state index contributed by atoms with van der Waals surface area (Å²) in [7, 11) is 0. The van der Waals surface area contributed by atoms with Crippen LogP contribution in [0, 0.1) is 11.3 Å². The highest BCUT2D eigenvalue weighted by atomic mass is 16.1. The van der Waals surface area contributed by atoms with Gasteiger partial charge in [-0.15, -0.1) is 0 Å². The molecule has 0 aliphatic carbocycles. The van der Waals surface area contributed by atoms with Crippen LogP contribution >= 0.6 is 0 Å². The molecule has 1 saturated heterocycles. The van der Waals surface area contributed by atoms with Gasteiger partial charge in [-0.2, -0.15) is 0 Å². The molecule has 0 atom stereocenters. The van der Waals surface area contributed by atoms with Crippen molar-refractivity contribution in [1.82, 2.24) is 9.47 Å². The highest BCUT2D eigenvalue weighted by Gasteiger charge is 2.28. The molecule has 1 aromatic heterocycles. The van der Waals surface area contributed by atoms with E-state index < -0.39 is 0 Å². The molecule has 1 aliphatic rings. The maximum Gasteiger partial charge on any atom is 0.250 e. The maximum atomic E-state index is 11.7. The minimum absolute atomic E-state index is 0.0313. The number of likely N-dealkylation sites (tertiary alicyclic amines) is 1. The topological polar surface area (TPSA) is 51.3 Å². The molecular formula is C16H27N3O. The second-order valence-corrected chi connectivity index (χ2v) is 6.98. The third kappa shape index (κ3) is 3.85. The summed E-state index contributed by atoms with van der Waals surface area (Å²) in [6, 6.07) is 3.20. The SMILES string of the molecule is CC(C)(C)C1CCN(CCn2cc(N)ccc2=O)CC1. The lowest BCUT2D eigenvalue weighted by atomic mass is 9.75. The van der Waals surface area contributed by atoms with E-state index in [9.17, 15) is 4.79 Å². The molecule has 4 nitrogen and oxygen atoms in total. The van der Waals surface area contributed by atoms with Gasteiger partial charge in [-0.05, 0) is 43.3 Å². The second kappa shape index (κ2) is 6.00. The van der Waals surface area contributed by atoms with Crippen molar-refractivity contribution < 1.29 is 0 Å². The van der Waals surface area contributed by atoms with Gasteiger partial charge >= 0.3 is 0 Å². The van der Waals surface area contributed by atoms with Crippen LogP contribution in [0.5, 0.6) is 0 Å². The predicted octanol–water partition coefficient (Wildman–Crippen LogP) is 2.19. The Morgan fingerprint density at radius 2 is 1.85 bits per heavy atom. The first-order valence-corrected chi connectivity index (χ1v) is 7.54. The molecule has 1 aliphatic heterocycles. The van der Waals surface area contributed by atoms with Crippen molar-refractivity contribution in [1.29, 1.82) is 0 Å². The van der Waals surface area contributed by atoms with Crippen LogP contribution in [0.1, 0.15) is 33.6 Å². The van der Waals surface area contributed by atoms with Crippen LogP contribution < -0.4 is 11.3 Å². The van der Waals surface area contributed by atoms with E-state index in [0.29, 0.717) is 11.1 Å². The molecule has 20 heavy (non-hydrogen) atoms. The zero-order valence-corrected chi connectivity index (χ0v) is 12.9. The Bertz CT molecular complexity index is 493. The molecule has 2 heterocycles. The van der Waals surface area contributed by atoms with E-state index in [4.69, 9.17) is 5.73 Å². The van der Waals surface area contributed by atoms with Gasteiger partial charge < -0.3 is 15.2 Å². The minimum Gasteiger partial charge on any atom is -0.398 e. The molecule has 0 radical (unpaired) electrons. The van der Waals surface area contributed by atoms with Gasteiger partial charge in [0.15, 0.2) is 0 Å². The van der Waals surface area contributed by atoms with E-state index in [-0.39, 0.29) is 5.56 Å². The Hall–Kier alpha value is -1.29. The number of nitrogen functional groups attached to an aromatic ring is 1. The zero-order chi connectivity index (χ0) is 14.8. The molecular weight excluding hydrogens is 250 g/mol. The molecule has 1 fully saturated rings. The van der Waals surface area contributed by atoms with Gasteiger partial charge in [-0.3, -0.25) is 4.79 Å². The number of piperidine rings is 1. The van der Waals surface area contributed by atoms with Crippen LogP contribution in [-0.4, -0.2) is 29.1 Å². The van der Waals surface area contributed by atoms with Crippen LogP contribution in [0.25, 0.3) is 0 Å². The van der Waals surface area contributed by atoms with Gasteiger partial charge in [-0.1, -0.05) is 20.8 Å². The number of nitrogens with two attached hydrogens (primary N) is 1. The van der Waals surface area contributed by atoms with E-state index in [1.165, 1.54) is 12.8 Å². The number of hydrogen-bond donors (Lipinski definition) is 1. The van der Waals surface area contributed by atoms with E-state index in [0.717, 1.165) is 32.1 Å². The summed E-state index contributed by atoms with van der Waals surface area (Å²) in [5.41, 5.74) is 6.82. The Balaban J connectivity index is 1.85. The standard InChI is InChI=1S/C16H27N3O/c1-16(2,3)13-6-8-18(9-7-13)10-11-19-12-14(17)4-5-15(19)20/h4-5,12-13H,6-11,17H2,1-3H3. The number of aromatic nitrogens is 1. The summed E-state index contributed by atoms with van der Waals surface area (Å²) in [6.07, 6.45) is 4.26. The smallest absolute Gasteiger partial charge is 0.250 e. The zero-order valence-electron chi connectivity index (χ0n) is 12.9. The van der Waals surface area contributed by atoms with Crippen LogP contribution in [0.3, 0.4) is 0 Å². The van der Waals surface area contributed by atoms with E-state index in [1.54, 1.807) is 22.9 Å². The monoisotopic (exact) mass is 277 g/mol. The average molecular weight is 277 g/mol. The maximum absolute atomic E-state index is 11.7. The molecule has 0 amide bonds. The first-order valence-electron chi connectivity index (χ1n) is 7.54. The van der Waals surface area contributed by atoms with Gasteiger partial charge in [0.05, 0.1) is 0 Å². The minimum atomic E-state index is 0.0313. The highest BCUT2D eigenvalue weighted by molar-refractivity contribution is 5.33. The van der Waals surface area contributed by atoms with Crippen molar-refractivity contribution in [2.24, 2.45) is 11.3 Å². The van der Waals surface area contributed by atoms with Crippen molar-refractivity contribution in [2.75, 3.05) is 25.4 Å². The Kier molecular flexibility index (Phi) is 4.53. The van der Waals surface area contributed by atoms with Crippen molar-refractivity contribution in [3.8, 4) is 0 Å². The Labute approximate surface area is 121 Å². The third-order valence-corrected chi connectivity index (χ3v) is 4.48. The average Bonchev–Trinajstić information content (AvgIpc) is 2.39. The fourth-order valence-electron chi connectivity index (χ4n) is 3.00. The molecule has 0 aromatic carbocycles. The number of nitrogens with zero attached hydrogens (tertiary/aromatic N) is 2. The number of hydrogen-bond acceptors (Lipinski definition) is 3. The second-order valence-electron chi connectivity index (χ2n) is 6.98. The molecule has 2 N–H and O–H groups in total. The van der Waals surface area contributed by atoms with Gasteiger partial charge in [-0.25, -0.2) is 0 Å². The van der Waals surface area contributed by atoms with E-state index in [2.05, 4.69) is 25.7 Å². The molecule has 1 aromatic rings. The molecule has 0 spiro atoms. The number of anilines is 1. The predicted molar refractivity (Wildman–Crippen MR) is 83.7 cm³/mol. The third-order valence-electron chi connectivity index (χ3n) is 4.48. The van der Waals surface area contributed by atoms with Crippen LogP contribution in [0.15, 0.2) is 23.1 Å². The summed E-state index contributed by atoms with van der Waals surface area (Å²) in [5.74, 6) is 0.814. The lowest BCUT2D eigenvalue weighted by Gasteiger charge is -2.38. The van der Waals surface area contributed by atoms with Gasteiger partial charge in [0.2, 0.25) is 0 Å². The summed E-state index contributed by atoms with van der Waals surface area (Å²) in [6.45, 7) is 10.9. The normalized spacial score (nSPS) is 18.4. The molecule has 0 saturated carbocycles. The Morgan fingerprint density at radius 1 is 1.20 bits per heavy atom. The summed E-state index contributed by atoms with van der Waals surface area (Å²) < 4.78 is 1.71. The van der Waals surface area contributed by atoms with Crippen molar-refractivity contribution in [2.45, 2.75) is 40.2 Å². The van der Waals surface area contributed by atoms with Gasteiger partial charge in [0.25, 0.3) is 5.56 Å². The molecule has 0 unspecified atom stereocenters. The highest BCUT2D eigenvalue weighted by Crippen LogP contribution is 2.34. The largest absolute Gasteiger partial charge is 0.398 e. The fourth-order valence-corrected chi connectivity index (χ4v) is 3.00. The lowest BCUT2D eigenvalue weighted by Crippen LogP contribution is -2.40. The molecule has 0 bridgehead atoms. The number of pyridine rings is 1. The lowest BCUT2D eigenvalue weighted by molar-refractivity contribution is 0.110. The van der Waals surface area contributed by atoms with Gasteiger partial charge in [0, 0.05) is 31.0 Å². The first kappa shape index (κ1) is 15.1. The van der Waals surface area contributed by atoms with Crippen LogP contribution in [0.2, 0.25) is 0 Å². The quantitative estimate of drug-likeness (QED) is 0.921. The van der Waals surface area contributed by atoms with Crippen molar-refractivity contribution >= 4 is 5.69 Å². The number of rotatable bonds is 3. The van der Waals surface area contributed by atoms with Crippen molar-refractivity contribution in [3.63, 3.8) is 0 Å².